The van der Waals surface area contributed by atoms with Gasteiger partial charge in [0.15, 0.2) is 0 Å². The average Bonchev–Trinajstić information content (AvgIpc) is 3.55. The van der Waals surface area contributed by atoms with Gasteiger partial charge in [0, 0.05) is 36.6 Å². The Hall–Kier alpha value is -4.72. The lowest BCUT2D eigenvalue weighted by Crippen LogP contribution is -2.31. The molecule has 39 heavy (non-hydrogen) atoms. The third-order valence-electron chi connectivity index (χ3n) is 6.73. The number of ketones is 1. The highest BCUT2D eigenvalue weighted by molar-refractivity contribution is 6.46. The number of aliphatic hydroxyl groups is 1. The molecule has 0 saturated carbocycles. The van der Waals surface area contributed by atoms with E-state index < -0.39 is 23.5 Å². The monoisotopic (exact) mass is 525 g/mol. The Morgan fingerprint density at radius 3 is 2.54 bits per heavy atom. The molecule has 1 amide bonds. The average molecular weight is 526 g/mol. The molecule has 1 atom stereocenters. The van der Waals surface area contributed by atoms with Crippen LogP contribution in [0, 0.1) is 12.7 Å². The number of carbonyl (C=O) groups is 2. The molecule has 1 saturated heterocycles. The summed E-state index contributed by atoms with van der Waals surface area (Å²) in [6, 6.07) is 19.5. The predicted octanol–water partition coefficient (Wildman–Crippen LogP) is 5.42. The third kappa shape index (κ3) is 5.60. The summed E-state index contributed by atoms with van der Waals surface area (Å²) in [5, 5.41) is 11.3. The minimum absolute atomic E-state index is 0.138. The van der Waals surface area contributed by atoms with E-state index in [0.29, 0.717) is 30.9 Å². The second-order valence-corrected chi connectivity index (χ2v) is 9.47. The van der Waals surface area contributed by atoms with Gasteiger partial charge in [0.05, 0.1) is 17.9 Å². The summed E-state index contributed by atoms with van der Waals surface area (Å²) in [5.74, 6) is -1.95. The van der Waals surface area contributed by atoms with E-state index in [1.54, 1.807) is 55.1 Å². The second-order valence-electron chi connectivity index (χ2n) is 9.47. The SMILES string of the molecule is Cc1cccc(COc2ccc(C(O)=C3C(=O)C(=O)N(CCCn4ccnc4)[C@@H]3c3ccccc3F)cc2)c1. The number of hydrogen-bond acceptors (Lipinski definition) is 5. The lowest BCUT2D eigenvalue weighted by Gasteiger charge is -2.25. The molecule has 3 aromatic carbocycles. The van der Waals surface area contributed by atoms with E-state index in [9.17, 15) is 19.1 Å². The molecule has 5 rings (SSSR count). The zero-order valence-corrected chi connectivity index (χ0v) is 21.5. The second kappa shape index (κ2) is 11.3. The van der Waals surface area contributed by atoms with Gasteiger partial charge >= 0.3 is 0 Å². The normalized spacial score (nSPS) is 16.6. The number of hydrogen-bond donors (Lipinski definition) is 1. The first-order valence-electron chi connectivity index (χ1n) is 12.7. The van der Waals surface area contributed by atoms with E-state index >= 15 is 0 Å². The topological polar surface area (TPSA) is 84.7 Å². The van der Waals surface area contributed by atoms with Crippen LogP contribution in [0.2, 0.25) is 0 Å². The Balaban J connectivity index is 1.42. The molecular weight excluding hydrogens is 497 g/mol. The molecule has 4 aromatic rings. The molecule has 0 spiro atoms. The molecule has 0 unspecified atom stereocenters. The van der Waals surface area contributed by atoms with Gasteiger partial charge in [-0.2, -0.15) is 0 Å². The molecule has 2 heterocycles. The lowest BCUT2D eigenvalue weighted by molar-refractivity contribution is -0.140. The molecule has 1 aromatic heterocycles. The van der Waals surface area contributed by atoms with Crippen molar-refractivity contribution in [3.05, 3.63) is 125 Å². The van der Waals surface area contributed by atoms with Gasteiger partial charge in [-0.3, -0.25) is 9.59 Å². The molecule has 1 fully saturated rings. The lowest BCUT2D eigenvalue weighted by atomic mass is 9.95. The number of halogens is 1. The number of benzene rings is 3. The first kappa shape index (κ1) is 25.9. The molecule has 7 nitrogen and oxygen atoms in total. The van der Waals surface area contributed by atoms with Crippen LogP contribution in [0.3, 0.4) is 0 Å². The first-order valence-corrected chi connectivity index (χ1v) is 12.7. The molecule has 1 aliphatic heterocycles. The van der Waals surface area contributed by atoms with E-state index in [0.717, 1.165) is 11.1 Å². The molecule has 1 aliphatic rings. The van der Waals surface area contributed by atoms with Crippen LogP contribution < -0.4 is 4.74 Å². The number of carbonyl (C=O) groups excluding carboxylic acids is 2. The van der Waals surface area contributed by atoms with Crippen LogP contribution in [0.25, 0.3) is 5.76 Å². The molecule has 0 aliphatic carbocycles. The molecule has 0 bridgehead atoms. The maximum absolute atomic E-state index is 15.0. The van der Waals surface area contributed by atoms with E-state index in [2.05, 4.69) is 4.98 Å². The summed E-state index contributed by atoms with van der Waals surface area (Å²) in [5.41, 5.74) is 2.51. The van der Waals surface area contributed by atoms with Crippen molar-refractivity contribution in [2.24, 2.45) is 0 Å². The van der Waals surface area contributed by atoms with Gasteiger partial charge in [-0.1, -0.05) is 48.0 Å². The van der Waals surface area contributed by atoms with Crippen molar-refractivity contribution in [3.63, 3.8) is 0 Å². The van der Waals surface area contributed by atoms with Gasteiger partial charge in [0.2, 0.25) is 0 Å². The highest BCUT2D eigenvalue weighted by atomic mass is 19.1. The summed E-state index contributed by atoms with van der Waals surface area (Å²) < 4.78 is 22.7. The Labute approximate surface area is 225 Å². The van der Waals surface area contributed by atoms with Gasteiger partial charge in [-0.15, -0.1) is 0 Å². The van der Waals surface area contributed by atoms with Gasteiger partial charge in [0.1, 0.15) is 23.9 Å². The summed E-state index contributed by atoms with van der Waals surface area (Å²) in [6.45, 7) is 3.16. The van der Waals surface area contributed by atoms with Crippen LogP contribution >= 0.6 is 0 Å². The van der Waals surface area contributed by atoms with Crippen molar-refractivity contribution in [3.8, 4) is 5.75 Å². The number of aliphatic hydroxyl groups excluding tert-OH is 1. The van der Waals surface area contributed by atoms with Crippen molar-refractivity contribution in [2.45, 2.75) is 32.5 Å². The Morgan fingerprint density at radius 2 is 1.82 bits per heavy atom. The van der Waals surface area contributed by atoms with Crippen molar-refractivity contribution in [2.75, 3.05) is 6.54 Å². The van der Waals surface area contributed by atoms with Crippen molar-refractivity contribution in [1.29, 1.82) is 0 Å². The highest BCUT2D eigenvalue weighted by Gasteiger charge is 2.46. The highest BCUT2D eigenvalue weighted by Crippen LogP contribution is 2.40. The fourth-order valence-electron chi connectivity index (χ4n) is 4.81. The largest absolute Gasteiger partial charge is 0.507 e. The van der Waals surface area contributed by atoms with Crippen LogP contribution in [-0.2, 0) is 22.7 Å². The summed E-state index contributed by atoms with van der Waals surface area (Å²) in [4.78, 5) is 31.7. The van der Waals surface area contributed by atoms with Crippen LogP contribution in [0.4, 0.5) is 4.39 Å². The van der Waals surface area contributed by atoms with Crippen LogP contribution in [-0.4, -0.2) is 37.8 Å². The quantitative estimate of drug-likeness (QED) is 0.179. The maximum Gasteiger partial charge on any atom is 0.295 e. The van der Waals surface area contributed by atoms with Crippen LogP contribution in [0.15, 0.2) is 97.1 Å². The number of likely N-dealkylation sites (tertiary alicyclic amines) is 1. The zero-order valence-electron chi connectivity index (χ0n) is 21.5. The van der Waals surface area contributed by atoms with Crippen LogP contribution in [0.5, 0.6) is 5.75 Å². The van der Waals surface area contributed by atoms with Crippen molar-refractivity contribution < 1.29 is 23.8 Å². The number of aromatic nitrogens is 2. The molecule has 8 heteroatoms. The molecule has 198 valence electrons. The number of ether oxygens (including phenoxy) is 1. The zero-order chi connectivity index (χ0) is 27.4. The van der Waals surface area contributed by atoms with Gasteiger partial charge in [0.25, 0.3) is 11.7 Å². The van der Waals surface area contributed by atoms with E-state index in [1.165, 1.54) is 17.0 Å². The van der Waals surface area contributed by atoms with Gasteiger partial charge in [-0.25, -0.2) is 9.37 Å². The van der Waals surface area contributed by atoms with E-state index in [1.807, 2.05) is 35.8 Å². The Bertz CT molecular complexity index is 1510. The fraction of sp³-hybridized carbons (Fsp3) is 0.194. The first-order chi connectivity index (χ1) is 18.9. The number of imidazole rings is 1. The van der Waals surface area contributed by atoms with Gasteiger partial charge < -0.3 is 19.3 Å². The number of amides is 1. The number of Topliss-reactive ketones (excluding diaryl/α,β-unsaturated/α-hetero) is 1. The number of rotatable bonds is 9. The minimum atomic E-state index is -1.05. The number of nitrogens with zero attached hydrogens (tertiary/aromatic N) is 3. The smallest absolute Gasteiger partial charge is 0.295 e. The third-order valence-corrected chi connectivity index (χ3v) is 6.73. The molecule has 0 radical (unpaired) electrons. The van der Waals surface area contributed by atoms with Crippen molar-refractivity contribution in [1.82, 2.24) is 14.5 Å². The Morgan fingerprint density at radius 1 is 1.03 bits per heavy atom. The summed E-state index contributed by atoms with van der Waals surface area (Å²) >= 11 is 0. The molecular formula is C31H28FN3O4. The van der Waals surface area contributed by atoms with E-state index in [-0.39, 0.29) is 23.4 Å². The fourth-order valence-corrected chi connectivity index (χ4v) is 4.81. The standard InChI is InChI=1S/C31H28FN3O4/c1-21-6-4-7-22(18-21)19-39-24-12-10-23(11-13-24)29(36)27-28(25-8-2-3-9-26(25)32)35(31(38)30(27)37)16-5-15-34-17-14-33-20-34/h2-4,6-14,17-18,20,28,36H,5,15-16,19H2,1H3/t28-/m1/s1. The minimum Gasteiger partial charge on any atom is -0.507 e. The Kier molecular flexibility index (Phi) is 7.54. The van der Waals surface area contributed by atoms with E-state index in [4.69, 9.17) is 4.74 Å². The maximum atomic E-state index is 15.0. The van der Waals surface area contributed by atoms with Crippen molar-refractivity contribution >= 4 is 17.4 Å². The van der Waals surface area contributed by atoms with Crippen LogP contribution in [0.1, 0.15) is 34.7 Å². The predicted molar refractivity (Wildman–Crippen MR) is 144 cm³/mol. The summed E-state index contributed by atoms with van der Waals surface area (Å²) in [7, 11) is 0. The van der Waals surface area contributed by atoms with Gasteiger partial charge in [-0.05, 0) is 49.2 Å². The number of aryl methyl sites for hydroxylation is 2. The molecule has 1 N–H and O–H groups in total. The summed E-state index contributed by atoms with van der Waals surface area (Å²) in [6.07, 6.45) is 5.64.